The highest BCUT2D eigenvalue weighted by Gasteiger charge is 2.20. The number of nitrogens with one attached hydrogen (secondary N) is 1. The highest BCUT2D eigenvalue weighted by molar-refractivity contribution is 7.81. The minimum absolute atomic E-state index is 0.114. The zero-order valence-corrected chi connectivity index (χ0v) is 10.7. The minimum Gasteiger partial charge on any atom is -0.341 e. The number of nitrogens with zero attached hydrogens (tertiary/aromatic N) is 1. The lowest BCUT2D eigenvalue weighted by Crippen LogP contribution is -2.29. The van der Waals surface area contributed by atoms with E-state index in [9.17, 15) is 4.39 Å². The van der Waals surface area contributed by atoms with Crippen LogP contribution in [0.15, 0.2) is 35.5 Å². The molecule has 1 aromatic rings. The Morgan fingerprint density at radius 3 is 2.88 bits per heavy atom. The van der Waals surface area contributed by atoms with Crippen molar-refractivity contribution in [2.24, 2.45) is 10.9 Å². The number of benzene rings is 1. The van der Waals surface area contributed by atoms with Gasteiger partial charge in [-0.25, -0.2) is 9.38 Å². The predicted octanol–water partition coefficient (Wildman–Crippen LogP) is 3.41. The highest BCUT2D eigenvalue weighted by atomic mass is 32.1. The molecule has 1 aromatic carbocycles. The molecule has 1 N–H and O–H groups in total. The number of thiol groups is 1. The van der Waals surface area contributed by atoms with E-state index in [0.29, 0.717) is 5.69 Å². The van der Waals surface area contributed by atoms with Crippen LogP contribution in [0, 0.1) is 18.7 Å². The highest BCUT2D eigenvalue weighted by Crippen LogP contribution is 2.21. The summed E-state index contributed by atoms with van der Waals surface area (Å²) in [4.78, 5) is 4.23. The van der Waals surface area contributed by atoms with E-state index in [1.807, 2.05) is 26.0 Å². The van der Waals surface area contributed by atoms with Crippen molar-refractivity contribution in [1.82, 2.24) is 0 Å². The number of halogens is 1. The van der Waals surface area contributed by atoms with Crippen LogP contribution in [0.1, 0.15) is 12.5 Å². The molecule has 0 amide bonds. The van der Waals surface area contributed by atoms with Gasteiger partial charge in [-0.1, -0.05) is 19.1 Å². The van der Waals surface area contributed by atoms with Gasteiger partial charge < -0.3 is 5.32 Å². The molecular weight excluding hydrogens is 235 g/mol. The lowest BCUT2D eigenvalue weighted by molar-refractivity contribution is 0.630. The Morgan fingerprint density at radius 1 is 1.41 bits per heavy atom. The SMILES string of the molecule is Cc1ccc(NC2=NC=CC(S)C2C)c(F)c1. The minimum atomic E-state index is -0.259. The summed E-state index contributed by atoms with van der Waals surface area (Å²) in [7, 11) is 0. The van der Waals surface area contributed by atoms with E-state index in [2.05, 4.69) is 22.9 Å². The van der Waals surface area contributed by atoms with Crippen molar-refractivity contribution in [3.05, 3.63) is 41.9 Å². The summed E-state index contributed by atoms with van der Waals surface area (Å²) in [6.45, 7) is 3.87. The van der Waals surface area contributed by atoms with Crippen molar-refractivity contribution in [3.63, 3.8) is 0 Å². The number of hydrogen-bond donors (Lipinski definition) is 2. The van der Waals surface area contributed by atoms with Crippen LogP contribution in [-0.2, 0) is 0 Å². The molecule has 4 heteroatoms. The second kappa shape index (κ2) is 4.92. The number of hydrogen-bond acceptors (Lipinski definition) is 3. The lowest BCUT2D eigenvalue weighted by Gasteiger charge is -2.22. The first-order chi connectivity index (χ1) is 8.08. The zero-order chi connectivity index (χ0) is 12.4. The Labute approximate surface area is 106 Å². The van der Waals surface area contributed by atoms with Gasteiger partial charge in [-0.3, -0.25) is 0 Å². The van der Waals surface area contributed by atoms with E-state index in [1.54, 1.807) is 12.3 Å². The van der Waals surface area contributed by atoms with Gasteiger partial charge in [0.1, 0.15) is 11.7 Å². The molecule has 2 unspecified atom stereocenters. The topological polar surface area (TPSA) is 24.4 Å². The monoisotopic (exact) mass is 250 g/mol. The Balaban J connectivity index is 2.21. The normalized spacial score (nSPS) is 23.4. The third-order valence-corrected chi connectivity index (χ3v) is 3.45. The van der Waals surface area contributed by atoms with Gasteiger partial charge in [-0.05, 0) is 24.6 Å². The first-order valence-corrected chi connectivity index (χ1v) is 6.05. The van der Waals surface area contributed by atoms with Gasteiger partial charge in [0.25, 0.3) is 0 Å². The van der Waals surface area contributed by atoms with Crippen molar-refractivity contribution in [2.45, 2.75) is 19.1 Å². The fraction of sp³-hybridized carbons (Fsp3) is 0.308. The molecule has 2 atom stereocenters. The second-order valence-electron chi connectivity index (χ2n) is 4.24. The molecule has 90 valence electrons. The van der Waals surface area contributed by atoms with E-state index >= 15 is 0 Å². The van der Waals surface area contributed by atoms with E-state index < -0.39 is 0 Å². The molecule has 2 nitrogen and oxygen atoms in total. The van der Waals surface area contributed by atoms with Gasteiger partial charge in [0.05, 0.1) is 5.69 Å². The average Bonchev–Trinajstić information content (AvgIpc) is 2.28. The van der Waals surface area contributed by atoms with E-state index in [0.717, 1.165) is 11.4 Å². The van der Waals surface area contributed by atoms with Crippen molar-refractivity contribution in [2.75, 3.05) is 5.32 Å². The summed E-state index contributed by atoms with van der Waals surface area (Å²) in [6, 6.07) is 5.10. The Bertz CT molecular complexity index is 482. The lowest BCUT2D eigenvalue weighted by atomic mass is 10.0. The molecule has 0 aliphatic carbocycles. The molecule has 17 heavy (non-hydrogen) atoms. The molecule has 0 bridgehead atoms. The molecule has 0 spiro atoms. The summed E-state index contributed by atoms with van der Waals surface area (Å²) < 4.78 is 13.7. The quantitative estimate of drug-likeness (QED) is 0.733. The average molecular weight is 250 g/mol. The largest absolute Gasteiger partial charge is 0.341 e. The molecule has 1 aliphatic heterocycles. The van der Waals surface area contributed by atoms with Gasteiger partial charge >= 0.3 is 0 Å². The molecule has 2 rings (SSSR count). The summed E-state index contributed by atoms with van der Waals surface area (Å²) in [5.41, 5.74) is 1.36. The first-order valence-electron chi connectivity index (χ1n) is 5.53. The van der Waals surface area contributed by atoms with Crippen LogP contribution in [0.4, 0.5) is 10.1 Å². The van der Waals surface area contributed by atoms with Crippen LogP contribution in [0.3, 0.4) is 0 Å². The van der Waals surface area contributed by atoms with Gasteiger partial charge in [-0.2, -0.15) is 12.6 Å². The summed E-state index contributed by atoms with van der Waals surface area (Å²) in [5, 5.41) is 3.15. The molecule has 1 heterocycles. The van der Waals surface area contributed by atoms with Crippen LogP contribution < -0.4 is 5.32 Å². The fourth-order valence-electron chi connectivity index (χ4n) is 1.66. The van der Waals surface area contributed by atoms with E-state index in [-0.39, 0.29) is 17.0 Å². The van der Waals surface area contributed by atoms with E-state index in [1.165, 1.54) is 6.07 Å². The zero-order valence-electron chi connectivity index (χ0n) is 9.81. The Hall–Kier alpha value is -1.29. The number of anilines is 1. The summed E-state index contributed by atoms with van der Waals surface area (Å²) in [5.74, 6) is 0.629. The Morgan fingerprint density at radius 2 is 2.18 bits per heavy atom. The third kappa shape index (κ3) is 2.69. The first kappa shape index (κ1) is 12.2. The number of rotatable bonds is 1. The maximum absolute atomic E-state index is 13.7. The van der Waals surface area contributed by atoms with E-state index in [4.69, 9.17) is 0 Å². The molecule has 0 fully saturated rings. The summed E-state index contributed by atoms with van der Waals surface area (Å²) in [6.07, 6.45) is 3.62. The van der Waals surface area contributed by atoms with Crippen molar-refractivity contribution >= 4 is 24.2 Å². The van der Waals surface area contributed by atoms with Gasteiger partial charge in [0.15, 0.2) is 0 Å². The van der Waals surface area contributed by atoms with Crippen LogP contribution in [-0.4, -0.2) is 11.1 Å². The molecule has 0 saturated heterocycles. The molecule has 1 aliphatic rings. The number of aryl methyl sites for hydroxylation is 1. The molecule has 0 aromatic heterocycles. The van der Waals surface area contributed by atoms with Crippen LogP contribution >= 0.6 is 12.6 Å². The molecular formula is C13H15FN2S. The Kier molecular flexibility index (Phi) is 3.52. The van der Waals surface area contributed by atoms with Crippen LogP contribution in [0.25, 0.3) is 0 Å². The maximum Gasteiger partial charge on any atom is 0.146 e. The predicted molar refractivity (Wildman–Crippen MR) is 73.3 cm³/mol. The smallest absolute Gasteiger partial charge is 0.146 e. The van der Waals surface area contributed by atoms with Gasteiger partial charge in [0, 0.05) is 17.4 Å². The fourth-order valence-corrected chi connectivity index (χ4v) is 1.88. The van der Waals surface area contributed by atoms with Gasteiger partial charge in [-0.15, -0.1) is 0 Å². The van der Waals surface area contributed by atoms with Crippen molar-refractivity contribution in [1.29, 1.82) is 0 Å². The summed E-state index contributed by atoms with van der Waals surface area (Å²) >= 11 is 4.42. The third-order valence-electron chi connectivity index (χ3n) is 2.83. The van der Waals surface area contributed by atoms with Crippen LogP contribution in [0.5, 0.6) is 0 Å². The number of aliphatic imine (C=N–C) groups is 1. The number of amidine groups is 1. The van der Waals surface area contributed by atoms with Crippen LogP contribution in [0.2, 0.25) is 0 Å². The standard InChI is InChI=1S/C13H15FN2S/c1-8-3-4-11(10(14)7-8)16-13-9(2)12(17)5-6-15-13/h3-7,9,12,17H,1-2H3,(H,15,16). The van der Waals surface area contributed by atoms with Crippen molar-refractivity contribution in [3.8, 4) is 0 Å². The molecule has 0 saturated carbocycles. The molecule has 0 radical (unpaired) electrons. The van der Waals surface area contributed by atoms with Gasteiger partial charge in [0.2, 0.25) is 0 Å². The maximum atomic E-state index is 13.7. The van der Waals surface area contributed by atoms with Crippen molar-refractivity contribution < 1.29 is 4.39 Å². The second-order valence-corrected chi connectivity index (χ2v) is 4.84.